The second-order valence-electron chi connectivity index (χ2n) is 11.8. The van der Waals surface area contributed by atoms with Crippen molar-refractivity contribution < 1.29 is 14.1 Å². The molecular weight excluding hydrogens is 466 g/mol. The first-order chi connectivity index (χ1) is 18.0. The number of carbonyl (C=O) groups excluding carboxylic acids is 1. The number of nitrogens with zero attached hydrogens (tertiary/aromatic N) is 4. The van der Waals surface area contributed by atoms with Gasteiger partial charge in [0, 0.05) is 42.1 Å². The molecule has 8 heteroatoms. The van der Waals surface area contributed by atoms with E-state index in [1.807, 2.05) is 25.1 Å². The van der Waals surface area contributed by atoms with Crippen molar-refractivity contribution >= 4 is 11.6 Å². The average molecular weight is 500 g/mol. The minimum absolute atomic E-state index is 0.168. The number of aryl methyl sites for hydroxylation is 1. The summed E-state index contributed by atoms with van der Waals surface area (Å²) in [6, 6.07) is 9.96. The fraction of sp³-hybridized carbons (Fsp3) is 0.517. The van der Waals surface area contributed by atoms with E-state index in [1.54, 1.807) is 6.26 Å². The summed E-state index contributed by atoms with van der Waals surface area (Å²) in [6.45, 7) is 6.32. The van der Waals surface area contributed by atoms with Crippen LogP contribution in [0.5, 0.6) is 0 Å². The summed E-state index contributed by atoms with van der Waals surface area (Å²) in [5, 5.41) is 7.29. The third kappa shape index (κ3) is 4.57. The Hall–Kier alpha value is -3.10. The maximum Gasteiger partial charge on any atom is 0.274 e. The standard InChI is InChI=1S/C29H33N5O3/c1-19-15-37-33-25(19)13-29(17-36-18-29)21-3-2-4-22(11-21)31-27(35)24-12-23(30-26(32-24)20-5-6-20)14-34-10-9-28(16-34)7-8-28/h2-4,11-12,15,20H,5-10,13-14,16-18H2,1H3,(H,31,35). The first-order valence-corrected chi connectivity index (χ1v) is 13.5. The van der Waals surface area contributed by atoms with Gasteiger partial charge in [-0.1, -0.05) is 17.3 Å². The maximum absolute atomic E-state index is 13.4. The van der Waals surface area contributed by atoms with Gasteiger partial charge in [-0.2, -0.15) is 0 Å². The molecule has 4 heterocycles. The summed E-state index contributed by atoms with van der Waals surface area (Å²) >= 11 is 0. The fourth-order valence-corrected chi connectivity index (χ4v) is 5.86. The average Bonchev–Trinajstić information content (AvgIpc) is 3.77. The molecule has 2 saturated heterocycles. The Morgan fingerprint density at radius 1 is 1.16 bits per heavy atom. The zero-order valence-electron chi connectivity index (χ0n) is 21.3. The van der Waals surface area contributed by atoms with Gasteiger partial charge in [-0.05, 0) is 74.8 Å². The molecule has 1 N–H and O–H groups in total. The number of hydrogen-bond acceptors (Lipinski definition) is 7. The molecule has 0 radical (unpaired) electrons. The van der Waals surface area contributed by atoms with Crippen LogP contribution < -0.4 is 5.32 Å². The van der Waals surface area contributed by atoms with Gasteiger partial charge < -0.3 is 14.6 Å². The summed E-state index contributed by atoms with van der Waals surface area (Å²) in [4.78, 5) is 25.4. The number of ether oxygens (including phenoxy) is 1. The Morgan fingerprint density at radius 3 is 2.70 bits per heavy atom. The second-order valence-corrected chi connectivity index (χ2v) is 11.8. The van der Waals surface area contributed by atoms with Crippen molar-refractivity contribution in [3.05, 3.63) is 70.6 Å². The highest BCUT2D eigenvalue weighted by molar-refractivity contribution is 6.03. The number of likely N-dealkylation sites (tertiary alicyclic amines) is 1. The van der Waals surface area contributed by atoms with Crippen LogP contribution in [0.25, 0.3) is 0 Å². The molecule has 1 amide bonds. The van der Waals surface area contributed by atoms with E-state index in [9.17, 15) is 4.79 Å². The minimum Gasteiger partial charge on any atom is -0.379 e. The Bertz CT molecular complexity index is 1340. The molecule has 4 fully saturated rings. The van der Waals surface area contributed by atoms with Crippen LogP contribution in [0, 0.1) is 12.3 Å². The lowest BCUT2D eigenvalue weighted by Gasteiger charge is -2.42. The summed E-state index contributed by atoms with van der Waals surface area (Å²) < 4.78 is 10.8. The van der Waals surface area contributed by atoms with Crippen molar-refractivity contribution in [1.29, 1.82) is 0 Å². The van der Waals surface area contributed by atoms with Gasteiger partial charge in [0.2, 0.25) is 0 Å². The Labute approximate surface area is 216 Å². The number of anilines is 1. The number of amides is 1. The predicted molar refractivity (Wildman–Crippen MR) is 137 cm³/mol. The predicted octanol–water partition coefficient (Wildman–Crippen LogP) is 4.40. The molecule has 1 aromatic carbocycles. The van der Waals surface area contributed by atoms with Gasteiger partial charge in [-0.3, -0.25) is 9.69 Å². The minimum atomic E-state index is -0.186. The lowest BCUT2D eigenvalue weighted by atomic mass is 9.74. The molecule has 0 bridgehead atoms. The molecule has 37 heavy (non-hydrogen) atoms. The lowest BCUT2D eigenvalue weighted by Crippen LogP contribution is -2.48. The van der Waals surface area contributed by atoms with Gasteiger partial charge in [0.25, 0.3) is 5.91 Å². The Morgan fingerprint density at radius 2 is 2.03 bits per heavy atom. The zero-order chi connectivity index (χ0) is 25.0. The molecule has 1 spiro atoms. The van der Waals surface area contributed by atoms with Gasteiger partial charge in [-0.25, -0.2) is 9.97 Å². The van der Waals surface area contributed by atoms with Crippen molar-refractivity contribution in [2.75, 3.05) is 31.6 Å². The van der Waals surface area contributed by atoms with E-state index in [0.717, 1.165) is 72.9 Å². The summed E-state index contributed by atoms with van der Waals surface area (Å²) in [6.07, 6.45) is 8.64. The molecule has 2 aliphatic heterocycles. The van der Waals surface area contributed by atoms with Crippen molar-refractivity contribution in [1.82, 2.24) is 20.0 Å². The van der Waals surface area contributed by atoms with Gasteiger partial charge in [-0.15, -0.1) is 0 Å². The molecule has 4 aliphatic rings. The van der Waals surface area contributed by atoms with Crippen LogP contribution in [0.2, 0.25) is 0 Å². The topological polar surface area (TPSA) is 93.4 Å². The van der Waals surface area contributed by atoms with Gasteiger partial charge >= 0.3 is 0 Å². The summed E-state index contributed by atoms with van der Waals surface area (Å²) in [7, 11) is 0. The molecule has 8 nitrogen and oxygen atoms in total. The third-order valence-corrected chi connectivity index (χ3v) is 8.67. The van der Waals surface area contributed by atoms with Crippen molar-refractivity contribution in [2.45, 2.75) is 63.3 Å². The quantitative estimate of drug-likeness (QED) is 0.491. The van der Waals surface area contributed by atoms with Gasteiger partial charge in [0.1, 0.15) is 17.8 Å². The van der Waals surface area contributed by atoms with Crippen molar-refractivity contribution in [3.63, 3.8) is 0 Å². The lowest BCUT2D eigenvalue weighted by molar-refractivity contribution is -0.0606. The van der Waals surface area contributed by atoms with Crippen LogP contribution in [0.15, 0.2) is 41.1 Å². The van der Waals surface area contributed by atoms with Crippen molar-refractivity contribution in [2.24, 2.45) is 5.41 Å². The van der Waals surface area contributed by atoms with Gasteiger partial charge in [0.15, 0.2) is 0 Å². The van der Waals surface area contributed by atoms with Crippen LogP contribution in [0.1, 0.15) is 76.8 Å². The highest BCUT2D eigenvalue weighted by Gasteiger charge is 2.47. The van der Waals surface area contributed by atoms with Crippen LogP contribution >= 0.6 is 0 Å². The number of carbonyl (C=O) groups is 1. The summed E-state index contributed by atoms with van der Waals surface area (Å²) in [5.41, 5.74) is 5.70. The first kappa shape index (κ1) is 23.0. The number of benzene rings is 1. The molecule has 2 aromatic heterocycles. The SMILES string of the molecule is Cc1conc1CC1(c2cccc(NC(=O)c3cc(CN4CCC5(CC5)C4)nc(C4CC4)n3)c2)COC1. The van der Waals surface area contributed by atoms with E-state index in [0.29, 0.717) is 30.2 Å². The van der Waals surface area contributed by atoms with Crippen LogP contribution in [0.3, 0.4) is 0 Å². The maximum atomic E-state index is 13.4. The van der Waals surface area contributed by atoms with Crippen molar-refractivity contribution in [3.8, 4) is 0 Å². The highest BCUT2D eigenvalue weighted by atomic mass is 16.5. The van der Waals surface area contributed by atoms with E-state index >= 15 is 0 Å². The third-order valence-electron chi connectivity index (χ3n) is 8.67. The Kier molecular flexibility index (Phi) is 5.44. The molecule has 0 unspecified atom stereocenters. The molecular formula is C29H33N5O3. The normalized spacial score (nSPS) is 21.6. The molecule has 7 rings (SSSR count). The van der Waals surface area contributed by atoms with E-state index in [1.165, 1.54) is 19.3 Å². The number of rotatable bonds is 8. The number of hydrogen-bond donors (Lipinski definition) is 1. The van der Waals surface area contributed by atoms with Gasteiger partial charge in [0.05, 0.1) is 24.6 Å². The second kappa shape index (κ2) is 8.74. The van der Waals surface area contributed by atoms with E-state index in [4.69, 9.17) is 14.2 Å². The van der Waals surface area contributed by atoms with E-state index in [-0.39, 0.29) is 11.3 Å². The first-order valence-electron chi connectivity index (χ1n) is 13.5. The largest absolute Gasteiger partial charge is 0.379 e. The Balaban J connectivity index is 1.10. The molecule has 0 atom stereocenters. The number of aromatic nitrogens is 3. The zero-order valence-corrected chi connectivity index (χ0v) is 21.3. The van der Waals surface area contributed by atoms with Crippen LogP contribution in [-0.2, 0) is 23.1 Å². The van der Waals surface area contributed by atoms with E-state index in [2.05, 4.69) is 32.5 Å². The summed E-state index contributed by atoms with van der Waals surface area (Å²) in [5.74, 6) is 1.03. The molecule has 192 valence electrons. The molecule has 2 aliphatic carbocycles. The van der Waals surface area contributed by atoms with E-state index < -0.39 is 0 Å². The monoisotopic (exact) mass is 499 g/mol. The van der Waals surface area contributed by atoms with Crippen LogP contribution in [-0.4, -0.2) is 52.2 Å². The fourth-order valence-electron chi connectivity index (χ4n) is 5.86. The molecule has 2 saturated carbocycles. The number of nitrogens with one attached hydrogen (secondary N) is 1. The van der Waals surface area contributed by atoms with Crippen LogP contribution in [0.4, 0.5) is 5.69 Å². The smallest absolute Gasteiger partial charge is 0.274 e. The molecule has 3 aromatic rings. The highest BCUT2D eigenvalue weighted by Crippen LogP contribution is 2.52.